The summed E-state index contributed by atoms with van der Waals surface area (Å²) in [5.74, 6) is -0.0129. The van der Waals surface area contributed by atoms with Crippen LogP contribution in [0.2, 0.25) is 0 Å². The Morgan fingerprint density at radius 1 is 1.25 bits per heavy atom. The molecule has 0 radical (unpaired) electrons. The molecule has 0 unspecified atom stereocenters. The number of aromatic nitrogens is 1. The second kappa shape index (κ2) is 8.97. The van der Waals surface area contributed by atoms with Crippen molar-refractivity contribution < 1.29 is 14.4 Å². The first-order valence-electron chi connectivity index (χ1n) is 10.9. The first kappa shape index (κ1) is 20.5. The molecule has 32 heavy (non-hydrogen) atoms. The Kier molecular flexibility index (Phi) is 5.74. The van der Waals surface area contributed by atoms with E-state index in [2.05, 4.69) is 31.0 Å². The summed E-state index contributed by atoms with van der Waals surface area (Å²) >= 11 is 0. The van der Waals surface area contributed by atoms with Crippen molar-refractivity contribution in [1.29, 1.82) is 0 Å². The van der Waals surface area contributed by atoms with E-state index in [4.69, 9.17) is 9.62 Å². The minimum atomic E-state index is -0.255. The van der Waals surface area contributed by atoms with Gasteiger partial charge in [-0.15, -0.1) is 0 Å². The summed E-state index contributed by atoms with van der Waals surface area (Å²) in [5.41, 5.74) is 4.80. The van der Waals surface area contributed by atoms with E-state index >= 15 is 0 Å². The molecular formula is C23H26N6O3. The zero-order valence-corrected chi connectivity index (χ0v) is 17.7. The van der Waals surface area contributed by atoms with E-state index in [1.165, 1.54) is 0 Å². The number of amides is 1. The summed E-state index contributed by atoms with van der Waals surface area (Å²) < 4.78 is 5.89. The number of aryl methyl sites for hydroxylation is 1. The molecule has 0 atom stereocenters. The summed E-state index contributed by atoms with van der Waals surface area (Å²) in [6, 6.07) is 7.72. The third kappa shape index (κ3) is 4.04. The molecule has 1 fully saturated rings. The first-order chi connectivity index (χ1) is 15.7. The molecule has 2 aromatic heterocycles. The quantitative estimate of drug-likeness (QED) is 0.348. The Hall–Kier alpha value is -3.43. The van der Waals surface area contributed by atoms with Gasteiger partial charge in [0.1, 0.15) is 0 Å². The van der Waals surface area contributed by atoms with Gasteiger partial charge in [0, 0.05) is 62.1 Å². The number of furan rings is 1. The lowest BCUT2D eigenvalue weighted by atomic mass is 10.1. The molecule has 0 saturated carbocycles. The van der Waals surface area contributed by atoms with Gasteiger partial charge < -0.3 is 25.6 Å². The number of hydrogen-bond acceptors (Lipinski definition) is 8. The number of nitrogens with one attached hydrogen (secondary N) is 3. The van der Waals surface area contributed by atoms with Gasteiger partial charge in [0.05, 0.1) is 17.6 Å². The summed E-state index contributed by atoms with van der Waals surface area (Å²) in [7, 11) is 0. The molecular weight excluding hydrogens is 408 g/mol. The van der Waals surface area contributed by atoms with Crippen LogP contribution in [0.4, 0.5) is 11.4 Å². The van der Waals surface area contributed by atoms with E-state index in [-0.39, 0.29) is 11.7 Å². The Morgan fingerprint density at radius 2 is 2.12 bits per heavy atom. The number of benzene rings is 1. The molecule has 1 aliphatic carbocycles. The average molecular weight is 435 g/mol. The van der Waals surface area contributed by atoms with Gasteiger partial charge in [-0.25, -0.2) is 0 Å². The fourth-order valence-corrected chi connectivity index (χ4v) is 4.37. The number of oxime groups is 1. The molecule has 1 saturated heterocycles. The van der Waals surface area contributed by atoms with Crippen LogP contribution < -0.4 is 16.0 Å². The van der Waals surface area contributed by atoms with Crippen molar-refractivity contribution in [2.45, 2.75) is 12.8 Å². The Balaban J connectivity index is 1.36. The largest absolute Gasteiger partial charge is 0.447 e. The molecule has 2 aliphatic rings. The number of pyridine rings is 1. The molecule has 4 N–H and O–H groups in total. The summed E-state index contributed by atoms with van der Waals surface area (Å²) in [6.07, 6.45) is 4.84. The Bertz CT molecular complexity index is 1170. The standard InChI is InChI=1S/C23H26N6O3/c30-23(26-9-12-29-10-7-24-8-11-29)22-21(18-5-6-25-14-20(18)32-22)27-16-2-3-17-15(13-16)1-4-19(17)28-31/h2-3,5-6,13-14,24,27,31H,1,4,7-12H2,(H,26,30). The fourth-order valence-electron chi connectivity index (χ4n) is 4.37. The summed E-state index contributed by atoms with van der Waals surface area (Å²) in [5, 5.41) is 23.0. The van der Waals surface area contributed by atoms with E-state index in [1.54, 1.807) is 12.4 Å². The van der Waals surface area contributed by atoms with E-state index in [0.717, 1.165) is 67.8 Å². The lowest BCUT2D eigenvalue weighted by Crippen LogP contribution is -2.46. The van der Waals surface area contributed by atoms with Gasteiger partial charge in [0.2, 0.25) is 5.76 Å². The van der Waals surface area contributed by atoms with Crippen LogP contribution in [0.15, 0.2) is 46.2 Å². The van der Waals surface area contributed by atoms with Crippen LogP contribution in [0.5, 0.6) is 0 Å². The number of nitrogens with zero attached hydrogens (tertiary/aromatic N) is 3. The van der Waals surface area contributed by atoms with Crippen LogP contribution in [0.25, 0.3) is 11.0 Å². The number of rotatable bonds is 6. The molecule has 0 bridgehead atoms. The van der Waals surface area contributed by atoms with Crippen molar-refractivity contribution in [3.05, 3.63) is 53.5 Å². The molecule has 9 nitrogen and oxygen atoms in total. The van der Waals surface area contributed by atoms with Gasteiger partial charge in [-0.05, 0) is 36.6 Å². The van der Waals surface area contributed by atoms with Gasteiger partial charge in [-0.2, -0.15) is 0 Å². The number of anilines is 2. The zero-order chi connectivity index (χ0) is 21.9. The van der Waals surface area contributed by atoms with Crippen LogP contribution in [0, 0.1) is 0 Å². The number of hydrogen-bond donors (Lipinski definition) is 4. The first-order valence-corrected chi connectivity index (χ1v) is 10.9. The lowest BCUT2D eigenvalue weighted by molar-refractivity contribution is 0.0923. The van der Waals surface area contributed by atoms with Gasteiger partial charge in [0.15, 0.2) is 5.58 Å². The van der Waals surface area contributed by atoms with E-state index in [9.17, 15) is 4.79 Å². The fraction of sp³-hybridized carbons (Fsp3) is 0.348. The van der Waals surface area contributed by atoms with Crippen molar-refractivity contribution in [2.75, 3.05) is 44.6 Å². The predicted molar refractivity (Wildman–Crippen MR) is 122 cm³/mol. The molecule has 1 aromatic carbocycles. The number of piperazine rings is 1. The molecule has 1 amide bonds. The summed E-state index contributed by atoms with van der Waals surface area (Å²) in [6.45, 7) is 5.28. The maximum absolute atomic E-state index is 13.0. The van der Waals surface area contributed by atoms with Crippen LogP contribution in [0.3, 0.4) is 0 Å². The molecule has 3 heterocycles. The Morgan fingerprint density at radius 3 is 2.97 bits per heavy atom. The predicted octanol–water partition coefficient (Wildman–Crippen LogP) is 2.33. The van der Waals surface area contributed by atoms with E-state index in [1.807, 2.05) is 24.3 Å². The van der Waals surface area contributed by atoms with E-state index < -0.39 is 0 Å². The van der Waals surface area contributed by atoms with Gasteiger partial charge in [-0.1, -0.05) is 11.2 Å². The second-order valence-corrected chi connectivity index (χ2v) is 8.07. The molecule has 9 heteroatoms. The third-order valence-electron chi connectivity index (χ3n) is 6.06. The van der Waals surface area contributed by atoms with Gasteiger partial charge >= 0.3 is 0 Å². The smallest absolute Gasteiger partial charge is 0.289 e. The van der Waals surface area contributed by atoms with Crippen LogP contribution in [0.1, 0.15) is 28.1 Å². The molecule has 1 aliphatic heterocycles. The van der Waals surface area contributed by atoms with Crippen molar-refractivity contribution >= 4 is 34.0 Å². The average Bonchev–Trinajstić information content (AvgIpc) is 3.41. The SMILES string of the molecule is O=C(NCCN1CCNCC1)c1oc2cnccc2c1Nc1ccc2c(c1)CCC2=NO. The van der Waals surface area contributed by atoms with Crippen LogP contribution in [-0.2, 0) is 6.42 Å². The van der Waals surface area contributed by atoms with Crippen molar-refractivity contribution in [3.63, 3.8) is 0 Å². The molecule has 5 rings (SSSR count). The highest BCUT2D eigenvalue weighted by Crippen LogP contribution is 2.34. The summed E-state index contributed by atoms with van der Waals surface area (Å²) in [4.78, 5) is 19.4. The molecule has 3 aromatic rings. The third-order valence-corrected chi connectivity index (χ3v) is 6.06. The zero-order valence-electron chi connectivity index (χ0n) is 17.7. The minimum absolute atomic E-state index is 0.242. The highest BCUT2D eigenvalue weighted by atomic mass is 16.4. The normalized spacial score (nSPS) is 17.6. The van der Waals surface area contributed by atoms with Crippen molar-refractivity contribution in [2.24, 2.45) is 5.16 Å². The highest BCUT2D eigenvalue weighted by molar-refractivity contribution is 6.07. The van der Waals surface area contributed by atoms with E-state index in [0.29, 0.717) is 23.5 Å². The van der Waals surface area contributed by atoms with Gasteiger partial charge in [0.25, 0.3) is 5.91 Å². The maximum Gasteiger partial charge on any atom is 0.289 e. The number of carbonyl (C=O) groups is 1. The van der Waals surface area contributed by atoms with Crippen molar-refractivity contribution in [1.82, 2.24) is 20.5 Å². The van der Waals surface area contributed by atoms with Crippen LogP contribution in [-0.4, -0.2) is 66.0 Å². The minimum Gasteiger partial charge on any atom is -0.447 e. The Labute approximate surface area is 185 Å². The van der Waals surface area contributed by atoms with Gasteiger partial charge in [-0.3, -0.25) is 14.7 Å². The van der Waals surface area contributed by atoms with Crippen LogP contribution >= 0.6 is 0 Å². The molecule has 0 spiro atoms. The lowest BCUT2D eigenvalue weighted by Gasteiger charge is -2.27. The topological polar surface area (TPSA) is 115 Å². The second-order valence-electron chi connectivity index (χ2n) is 8.07. The van der Waals surface area contributed by atoms with Crippen molar-refractivity contribution in [3.8, 4) is 0 Å². The molecule has 166 valence electrons. The maximum atomic E-state index is 13.0. The monoisotopic (exact) mass is 434 g/mol. The number of fused-ring (bicyclic) bond motifs is 2. The highest BCUT2D eigenvalue weighted by Gasteiger charge is 2.23. The number of carbonyl (C=O) groups excluding carboxylic acids is 1.